The minimum atomic E-state index is 0.707. The molecule has 1 aromatic heterocycles. The van der Waals surface area contributed by atoms with Crippen LogP contribution in [0.25, 0.3) is 0 Å². The first-order valence-corrected chi connectivity index (χ1v) is 6.79. The molecule has 0 spiro atoms. The molecule has 3 atom stereocenters. The Hall–Kier alpha value is -1.29. The number of nitrogens with zero attached hydrogens (tertiary/aromatic N) is 2. The summed E-state index contributed by atoms with van der Waals surface area (Å²) in [5.41, 5.74) is 1.12. The van der Waals surface area contributed by atoms with Crippen molar-refractivity contribution in [1.29, 1.82) is 0 Å². The third kappa shape index (κ3) is 2.43. The molecule has 1 fully saturated rings. The Morgan fingerprint density at radius 3 is 3.11 bits per heavy atom. The van der Waals surface area contributed by atoms with Gasteiger partial charge < -0.3 is 10.1 Å². The molecule has 3 unspecified atom stereocenters. The number of methoxy groups -OCH3 is 1. The molecule has 18 heavy (non-hydrogen) atoms. The standard InChI is InChI=1S/C14H21N3O/c1-18-5-4-17-10-14(9-16-17)15-8-13-7-11-2-3-12(13)6-11/h2-3,9-13,15H,4-8H2,1H3. The van der Waals surface area contributed by atoms with Crippen LogP contribution in [0.2, 0.25) is 0 Å². The number of fused-ring (bicyclic) bond motifs is 2. The monoisotopic (exact) mass is 247 g/mol. The largest absolute Gasteiger partial charge is 0.383 e. The van der Waals surface area contributed by atoms with E-state index in [-0.39, 0.29) is 0 Å². The highest BCUT2D eigenvalue weighted by Gasteiger charge is 2.35. The second-order valence-electron chi connectivity index (χ2n) is 5.41. The maximum absolute atomic E-state index is 5.04. The maximum Gasteiger partial charge on any atom is 0.0726 e. The van der Waals surface area contributed by atoms with Crippen molar-refractivity contribution in [3.05, 3.63) is 24.5 Å². The number of nitrogens with one attached hydrogen (secondary N) is 1. The van der Waals surface area contributed by atoms with Gasteiger partial charge in [0.2, 0.25) is 0 Å². The highest BCUT2D eigenvalue weighted by molar-refractivity contribution is 5.38. The van der Waals surface area contributed by atoms with Gasteiger partial charge in [-0.25, -0.2) is 0 Å². The molecule has 0 radical (unpaired) electrons. The Labute approximate surface area is 108 Å². The molecule has 0 aromatic carbocycles. The average Bonchev–Trinajstić information content (AvgIpc) is 3.09. The lowest BCUT2D eigenvalue weighted by Crippen LogP contribution is -2.18. The van der Waals surface area contributed by atoms with Crippen LogP contribution in [0.15, 0.2) is 24.5 Å². The van der Waals surface area contributed by atoms with Crippen LogP contribution in [0.5, 0.6) is 0 Å². The Balaban J connectivity index is 1.48. The lowest BCUT2D eigenvalue weighted by molar-refractivity contribution is 0.183. The number of hydrogen-bond acceptors (Lipinski definition) is 3. The molecule has 4 nitrogen and oxygen atoms in total. The Bertz CT molecular complexity index is 426. The highest BCUT2D eigenvalue weighted by atomic mass is 16.5. The fraction of sp³-hybridized carbons (Fsp3) is 0.643. The van der Waals surface area contributed by atoms with E-state index in [1.54, 1.807) is 7.11 Å². The van der Waals surface area contributed by atoms with E-state index in [0.717, 1.165) is 36.5 Å². The molecule has 4 heteroatoms. The molecule has 0 amide bonds. The minimum absolute atomic E-state index is 0.707. The highest BCUT2D eigenvalue weighted by Crippen LogP contribution is 2.43. The van der Waals surface area contributed by atoms with Crippen LogP contribution >= 0.6 is 0 Å². The van der Waals surface area contributed by atoms with Crippen molar-refractivity contribution in [3.63, 3.8) is 0 Å². The van der Waals surface area contributed by atoms with E-state index in [1.807, 2.05) is 10.9 Å². The van der Waals surface area contributed by atoms with E-state index >= 15 is 0 Å². The van der Waals surface area contributed by atoms with Crippen molar-refractivity contribution in [2.45, 2.75) is 19.4 Å². The van der Waals surface area contributed by atoms with Crippen LogP contribution in [0.3, 0.4) is 0 Å². The number of ether oxygens (including phenoxy) is 1. The lowest BCUT2D eigenvalue weighted by atomic mass is 9.94. The smallest absolute Gasteiger partial charge is 0.0726 e. The average molecular weight is 247 g/mol. The number of anilines is 1. The molecular formula is C14H21N3O. The van der Waals surface area contributed by atoms with Gasteiger partial charge in [-0.1, -0.05) is 12.2 Å². The quantitative estimate of drug-likeness (QED) is 0.783. The molecule has 1 saturated carbocycles. The minimum Gasteiger partial charge on any atom is -0.383 e. The molecular weight excluding hydrogens is 226 g/mol. The molecule has 1 heterocycles. The zero-order valence-electron chi connectivity index (χ0n) is 10.9. The lowest BCUT2D eigenvalue weighted by Gasteiger charge is -2.18. The van der Waals surface area contributed by atoms with Crippen LogP contribution in [-0.4, -0.2) is 30.0 Å². The summed E-state index contributed by atoms with van der Waals surface area (Å²) in [5, 5.41) is 7.82. The normalized spacial score (nSPS) is 29.1. The van der Waals surface area contributed by atoms with Crippen LogP contribution in [0, 0.1) is 17.8 Å². The molecule has 2 aliphatic rings. The second kappa shape index (κ2) is 5.14. The third-order valence-corrected chi connectivity index (χ3v) is 4.14. The summed E-state index contributed by atoms with van der Waals surface area (Å²) in [6.45, 7) is 2.59. The number of hydrogen-bond donors (Lipinski definition) is 1. The van der Waals surface area contributed by atoms with Gasteiger partial charge in [0, 0.05) is 19.9 Å². The van der Waals surface area contributed by atoms with Gasteiger partial charge in [0.1, 0.15) is 0 Å². The summed E-state index contributed by atoms with van der Waals surface area (Å²) < 4.78 is 6.96. The van der Waals surface area contributed by atoms with Crippen molar-refractivity contribution in [3.8, 4) is 0 Å². The first-order chi connectivity index (χ1) is 8.85. The van der Waals surface area contributed by atoms with Crippen molar-refractivity contribution >= 4 is 5.69 Å². The van der Waals surface area contributed by atoms with E-state index in [9.17, 15) is 0 Å². The molecule has 0 saturated heterocycles. The molecule has 98 valence electrons. The molecule has 1 aromatic rings. The summed E-state index contributed by atoms with van der Waals surface area (Å²) in [7, 11) is 1.71. The topological polar surface area (TPSA) is 39.1 Å². The molecule has 0 aliphatic heterocycles. The van der Waals surface area contributed by atoms with Gasteiger partial charge in [0.25, 0.3) is 0 Å². The first kappa shape index (κ1) is 11.8. The summed E-state index contributed by atoms with van der Waals surface area (Å²) in [5.74, 6) is 2.47. The van der Waals surface area contributed by atoms with Gasteiger partial charge >= 0.3 is 0 Å². The van der Waals surface area contributed by atoms with Crippen LogP contribution in [0.4, 0.5) is 5.69 Å². The predicted molar refractivity (Wildman–Crippen MR) is 71.4 cm³/mol. The van der Waals surface area contributed by atoms with Gasteiger partial charge in [-0.15, -0.1) is 0 Å². The maximum atomic E-state index is 5.04. The summed E-state index contributed by atoms with van der Waals surface area (Å²) in [4.78, 5) is 0. The van der Waals surface area contributed by atoms with E-state index in [1.165, 1.54) is 12.8 Å². The number of allylic oxidation sites excluding steroid dienone is 2. The fourth-order valence-corrected chi connectivity index (χ4v) is 3.14. The Morgan fingerprint density at radius 2 is 2.39 bits per heavy atom. The zero-order chi connectivity index (χ0) is 12.4. The van der Waals surface area contributed by atoms with E-state index in [2.05, 4.69) is 28.8 Å². The van der Waals surface area contributed by atoms with Gasteiger partial charge in [-0.2, -0.15) is 5.10 Å². The van der Waals surface area contributed by atoms with E-state index in [4.69, 9.17) is 4.74 Å². The number of rotatable bonds is 6. The fourth-order valence-electron chi connectivity index (χ4n) is 3.14. The second-order valence-corrected chi connectivity index (χ2v) is 5.41. The first-order valence-electron chi connectivity index (χ1n) is 6.79. The van der Waals surface area contributed by atoms with Crippen LogP contribution in [0.1, 0.15) is 12.8 Å². The Morgan fingerprint density at radius 1 is 1.44 bits per heavy atom. The number of aromatic nitrogens is 2. The molecule has 1 N–H and O–H groups in total. The van der Waals surface area contributed by atoms with E-state index in [0.29, 0.717) is 6.61 Å². The van der Waals surface area contributed by atoms with Crippen LogP contribution in [-0.2, 0) is 11.3 Å². The summed E-state index contributed by atoms with van der Waals surface area (Å²) in [6.07, 6.45) is 11.5. The van der Waals surface area contributed by atoms with Crippen molar-refractivity contribution < 1.29 is 4.74 Å². The van der Waals surface area contributed by atoms with Gasteiger partial charge in [-0.05, 0) is 30.6 Å². The van der Waals surface area contributed by atoms with Crippen molar-refractivity contribution in [2.24, 2.45) is 17.8 Å². The van der Waals surface area contributed by atoms with Gasteiger partial charge in [0.05, 0.1) is 25.0 Å². The van der Waals surface area contributed by atoms with Gasteiger partial charge in [-0.3, -0.25) is 4.68 Å². The van der Waals surface area contributed by atoms with Crippen molar-refractivity contribution in [1.82, 2.24) is 9.78 Å². The predicted octanol–water partition coefficient (Wildman–Crippen LogP) is 2.15. The zero-order valence-corrected chi connectivity index (χ0v) is 10.9. The Kier molecular flexibility index (Phi) is 3.37. The molecule has 2 bridgehead atoms. The summed E-state index contributed by atoms with van der Waals surface area (Å²) in [6, 6.07) is 0. The van der Waals surface area contributed by atoms with Crippen molar-refractivity contribution in [2.75, 3.05) is 25.6 Å². The van der Waals surface area contributed by atoms with Crippen LogP contribution < -0.4 is 5.32 Å². The molecule has 2 aliphatic carbocycles. The molecule has 3 rings (SSSR count). The van der Waals surface area contributed by atoms with E-state index < -0.39 is 0 Å². The SMILES string of the molecule is COCCn1cc(NCC2CC3C=CC2C3)cn1. The summed E-state index contributed by atoms with van der Waals surface area (Å²) >= 11 is 0. The van der Waals surface area contributed by atoms with Gasteiger partial charge in [0.15, 0.2) is 0 Å². The third-order valence-electron chi connectivity index (χ3n) is 4.14.